The highest BCUT2D eigenvalue weighted by molar-refractivity contribution is 6.04. The molecule has 5 rings (SSSR count). The summed E-state index contributed by atoms with van der Waals surface area (Å²) in [4.78, 5) is 19.8. The molecule has 0 amide bonds. The number of halogens is 1. The molecule has 3 aromatic rings. The van der Waals surface area contributed by atoms with Gasteiger partial charge in [-0.3, -0.25) is 9.36 Å². The molecule has 2 atom stereocenters. The number of benzene rings is 1. The van der Waals surface area contributed by atoms with Crippen molar-refractivity contribution in [2.24, 2.45) is 0 Å². The summed E-state index contributed by atoms with van der Waals surface area (Å²) in [5, 5.41) is 4.26. The van der Waals surface area contributed by atoms with Gasteiger partial charge in [-0.25, -0.2) is 9.37 Å². The zero-order chi connectivity index (χ0) is 18.7. The fraction of sp³-hybridized carbons (Fsp3) is 0.333. The van der Waals surface area contributed by atoms with Crippen LogP contribution in [-0.4, -0.2) is 40.5 Å². The summed E-state index contributed by atoms with van der Waals surface area (Å²) < 4.78 is 15.5. The van der Waals surface area contributed by atoms with Crippen LogP contribution in [0.25, 0.3) is 16.7 Å². The lowest BCUT2D eigenvalue weighted by atomic mass is 10.0. The van der Waals surface area contributed by atoms with Crippen molar-refractivity contribution < 1.29 is 9.18 Å². The molecule has 5 nitrogen and oxygen atoms in total. The highest BCUT2D eigenvalue weighted by atomic mass is 19.1. The molecule has 0 radical (unpaired) electrons. The Hall–Kier alpha value is -2.73. The smallest absolute Gasteiger partial charge is 0.184 e. The number of carbonyl (C=O) groups excluding carboxylic acids is 1. The number of rotatable bonds is 1. The predicted octanol–water partition coefficient (Wildman–Crippen LogP) is 3.09. The zero-order valence-corrected chi connectivity index (χ0v) is 15.4. The molecule has 0 spiro atoms. The van der Waals surface area contributed by atoms with Crippen LogP contribution in [0.3, 0.4) is 0 Å². The number of carbonyl (C=O) groups is 1. The molecule has 0 aliphatic carbocycles. The number of Topliss-reactive ketones (excluding diaryl/α,β-unsaturated/α-hetero) is 1. The third-order valence-electron chi connectivity index (χ3n) is 5.43. The lowest BCUT2D eigenvalue weighted by molar-refractivity contribution is 0.0982. The monoisotopic (exact) mass is 364 g/mol. The van der Waals surface area contributed by atoms with E-state index >= 15 is 0 Å². The summed E-state index contributed by atoms with van der Waals surface area (Å²) in [7, 11) is 0. The third-order valence-corrected chi connectivity index (χ3v) is 5.43. The van der Waals surface area contributed by atoms with Crippen molar-refractivity contribution in [3.05, 3.63) is 53.5 Å². The SMILES string of the molecule is C[C@@H]1CN(c2ccc3c(n2)-n2c(cc4cc(F)ccc42)C(=O)C3)C[C@H](C)N1. The maximum atomic E-state index is 13.7. The number of hydrogen-bond acceptors (Lipinski definition) is 4. The molecule has 138 valence electrons. The second-order valence-corrected chi connectivity index (χ2v) is 7.69. The highest BCUT2D eigenvalue weighted by Gasteiger charge is 2.28. The average molecular weight is 364 g/mol. The van der Waals surface area contributed by atoms with Gasteiger partial charge in [0.25, 0.3) is 0 Å². The van der Waals surface area contributed by atoms with Crippen molar-refractivity contribution in [1.29, 1.82) is 0 Å². The minimum atomic E-state index is -0.302. The van der Waals surface area contributed by atoms with Crippen LogP contribution in [0.5, 0.6) is 0 Å². The summed E-state index contributed by atoms with van der Waals surface area (Å²) in [5.74, 6) is 1.43. The van der Waals surface area contributed by atoms with Crippen LogP contribution >= 0.6 is 0 Å². The standard InChI is InChI=1S/C21H21FN4O/c1-12-10-25(11-13(2)23-12)20-6-3-14-9-19(27)18-8-15-7-16(22)4-5-17(15)26(18)21(14)24-20/h3-8,12-13,23H,9-11H2,1-2H3/t12-,13+. The molecule has 0 unspecified atom stereocenters. The Kier molecular flexibility index (Phi) is 3.59. The largest absolute Gasteiger partial charge is 0.353 e. The van der Waals surface area contributed by atoms with Gasteiger partial charge in [-0.05, 0) is 44.2 Å². The fourth-order valence-corrected chi connectivity index (χ4v) is 4.37. The van der Waals surface area contributed by atoms with Crippen LogP contribution in [0.15, 0.2) is 36.4 Å². The molecule has 1 fully saturated rings. The van der Waals surface area contributed by atoms with Crippen LogP contribution < -0.4 is 10.2 Å². The molecule has 0 saturated carbocycles. The summed E-state index contributed by atoms with van der Waals surface area (Å²) in [6.07, 6.45) is 0.329. The van der Waals surface area contributed by atoms with E-state index in [2.05, 4.69) is 24.1 Å². The first-order chi connectivity index (χ1) is 13.0. The summed E-state index contributed by atoms with van der Waals surface area (Å²) in [6.45, 7) is 6.12. The molecule has 0 bridgehead atoms. The van der Waals surface area contributed by atoms with E-state index in [0.717, 1.165) is 41.2 Å². The molecule has 2 aliphatic rings. The molecular weight excluding hydrogens is 343 g/mol. The molecule has 1 saturated heterocycles. The van der Waals surface area contributed by atoms with Crippen molar-refractivity contribution in [2.75, 3.05) is 18.0 Å². The van der Waals surface area contributed by atoms with Gasteiger partial charge in [0.05, 0.1) is 11.2 Å². The Morgan fingerprint density at radius 1 is 1.11 bits per heavy atom. The van der Waals surface area contributed by atoms with E-state index in [1.807, 2.05) is 16.7 Å². The van der Waals surface area contributed by atoms with E-state index in [9.17, 15) is 9.18 Å². The second-order valence-electron chi connectivity index (χ2n) is 7.69. The van der Waals surface area contributed by atoms with Gasteiger partial charge >= 0.3 is 0 Å². The number of fused-ring (bicyclic) bond motifs is 5. The Morgan fingerprint density at radius 2 is 1.89 bits per heavy atom. The molecule has 6 heteroatoms. The van der Waals surface area contributed by atoms with E-state index in [-0.39, 0.29) is 11.6 Å². The summed E-state index contributed by atoms with van der Waals surface area (Å²) in [6, 6.07) is 11.2. The summed E-state index contributed by atoms with van der Waals surface area (Å²) >= 11 is 0. The average Bonchev–Trinajstić information content (AvgIpc) is 3.00. The molecule has 27 heavy (non-hydrogen) atoms. The summed E-state index contributed by atoms with van der Waals surface area (Å²) in [5.41, 5.74) is 2.30. The molecule has 2 aliphatic heterocycles. The fourth-order valence-electron chi connectivity index (χ4n) is 4.37. The number of pyridine rings is 1. The Bertz CT molecular complexity index is 1060. The van der Waals surface area contributed by atoms with Crippen molar-refractivity contribution in [3.63, 3.8) is 0 Å². The number of ketones is 1. The van der Waals surface area contributed by atoms with Gasteiger partial charge in [0, 0.05) is 42.5 Å². The van der Waals surface area contributed by atoms with Gasteiger partial charge in [0.1, 0.15) is 17.5 Å². The quantitative estimate of drug-likeness (QED) is 0.721. The first kappa shape index (κ1) is 16.4. The van der Waals surface area contributed by atoms with Crippen LogP contribution in [0.1, 0.15) is 29.9 Å². The van der Waals surface area contributed by atoms with Crippen molar-refractivity contribution in [1.82, 2.24) is 14.9 Å². The molecule has 1 N–H and O–H groups in total. The Labute approximate surface area is 156 Å². The van der Waals surface area contributed by atoms with Crippen LogP contribution in [-0.2, 0) is 6.42 Å². The van der Waals surface area contributed by atoms with Crippen LogP contribution in [0.2, 0.25) is 0 Å². The second kappa shape index (κ2) is 5.89. The topological polar surface area (TPSA) is 50.2 Å². The molecule has 2 aromatic heterocycles. The zero-order valence-electron chi connectivity index (χ0n) is 15.4. The normalized spacial score (nSPS) is 22.0. The number of nitrogens with one attached hydrogen (secondary N) is 1. The van der Waals surface area contributed by atoms with Gasteiger partial charge in [-0.1, -0.05) is 6.07 Å². The van der Waals surface area contributed by atoms with Gasteiger partial charge in [0.2, 0.25) is 0 Å². The number of aromatic nitrogens is 2. The van der Waals surface area contributed by atoms with Gasteiger partial charge in [0.15, 0.2) is 5.78 Å². The first-order valence-corrected chi connectivity index (χ1v) is 9.35. The molecule has 4 heterocycles. The maximum absolute atomic E-state index is 13.7. The molecule has 1 aromatic carbocycles. The number of hydrogen-bond donors (Lipinski definition) is 1. The lowest BCUT2D eigenvalue weighted by Crippen LogP contribution is -2.54. The van der Waals surface area contributed by atoms with Crippen LogP contribution in [0.4, 0.5) is 10.2 Å². The van der Waals surface area contributed by atoms with E-state index in [4.69, 9.17) is 4.98 Å². The van der Waals surface area contributed by atoms with E-state index in [1.165, 1.54) is 12.1 Å². The van der Waals surface area contributed by atoms with E-state index in [0.29, 0.717) is 24.2 Å². The predicted molar refractivity (Wildman–Crippen MR) is 103 cm³/mol. The van der Waals surface area contributed by atoms with E-state index in [1.54, 1.807) is 12.1 Å². The third kappa shape index (κ3) is 2.63. The number of anilines is 1. The van der Waals surface area contributed by atoms with Crippen LogP contribution in [0, 0.1) is 5.82 Å². The van der Waals surface area contributed by atoms with Gasteiger partial charge in [-0.15, -0.1) is 0 Å². The minimum Gasteiger partial charge on any atom is -0.353 e. The maximum Gasteiger partial charge on any atom is 0.184 e. The lowest BCUT2D eigenvalue weighted by Gasteiger charge is -2.37. The molecular formula is C21H21FN4O. The highest BCUT2D eigenvalue weighted by Crippen LogP contribution is 2.32. The first-order valence-electron chi connectivity index (χ1n) is 9.35. The van der Waals surface area contributed by atoms with Crippen molar-refractivity contribution >= 4 is 22.5 Å². The number of nitrogens with zero attached hydrogens (tertiary/aromatic N) is 3. The van der Waals surface area contributed by atoms with E-state index < -0.39 is 0 Å². The Balaban J connectivity index is 1.66. The van der Waals surface area contributed by atoms with Gasteiger partial charge < -0.3 is 10.2 Å². The minimum absolute atomic E-state index is 0.0399. The Morgan fingerprint density at radius 3 is 2.67 bits per heavy atom. The number of piperazine rings is 1. The van der Waals surface area contributed by atoms with Crippen molar-refractivity contribution in [3.8, 4) is 5.82 Å². The van der Waals surface area contributed by atoms with Gasteiger partial charge in [-0.2, -0.15) is 0 Å². The van der Waals surface area contributed by atoms with Crippen molar-refractivity contribution in [2.45, 2.75) is 32.4 Å².